The maximum absolute atomic E-state index is 10.4. The summed E-state index contributed by atoms with van der Waals surface area (Å²) >= 11 is 0. The Morgan fingerprint density at radius 2 is 2.10 bits per heavy atom. The molecule has 1 fully saturated rings. The van der Waals surface area contributed by atoms with E-state index in [2.05, 4.69) is 4.74 Å². The Bertz CT molecular complexity index is 163. The second-order valence-electron chi connectivity index (χ2n) is 2.27. The third kappa shape index (κ3) is 1.78. The molecule has 1 rings (SSSR count). The molecule has 5 nitrogen and oxygen atoms in total. The summed E-state index contributed by atoms with van der Waals surface area (Å²) in [7, 11) is -4.13. The SMILES string of the molecule is O=P(O)(O)[C@H]1C[C@H](O)CO1. The zero-order valence-electron chi connectivity index (χ0n) is 5.17. The Hall–Kier alpha value is 0.0700. The van der Waals surface area contributed by atoms with Gasteiger partial charge in [-0.3, -0.25) is 4.57 Å². The normalized spacial score (nSPS) is 34.7. The van der Waals surface area contributed by atoms with Crippen LogP contribution in [-0.4, -0.2) is 33.4 Å². The fourth-order valence-electron chi connectivity index (χ4n) is 0.825. The molecule has 60 valence electrons. The number of hydrogen-bond acceptors (Lipinski definition) is 3. The zero-order chi connectivity index (χ0) is 7.78. The molecule has 0 aromatic rings. The zero-order valence-corrected chi connectivity index (χ0v) is 6.07. The van der Waals surface area contributed by atoms with Crippen LogP contribution in [0.3, 0.4) is 0 Å². The van der Waals surface area contributed by atoms with Gasteiger partial charge in [-0.1, -0.05) is 0 Å². The van der Waals surface area contributed by atoms with Gasteiger partial charge in [0.2, 0.25) is 0 Å². The molecule has 10 heavy (non-hydrogen) atoms. The van der Waals surface area contributed by atoms with Gasteiger partial charge in [0, 0.05) is 6.42 Å². The molecular weight excluding hydrogens is 159 g/mol. The first-order valence-corrected chi connectivity index (χ1v) is 4.53. The molecule has 0 aromatic carbocycles. The minimum absolute atomic E-state index is 0.0236. The Labute approximate surface area is 57.8 Å². The van der Waals surface area contributed by atoms with E-state index < -0.39 is 19.5 Å². The lowest BCUT2D eigenvalue weighted by molar-refractivity contribution is 0.107. The highest BCUT2D eigenvalue weighted by Gasteiger charge is 2.36. The Balaban J connectivity index is 2.53. The van der Waals surface area contributed by atoms with Crippen molar-refractivity contribution >= 4 is 7.60 Å². The standard InChI is InChI=1S/C4H9O5P/c5-3-1-4(9-2-3)10(6,7)8/h3-5H,1-2H2,(H2,6,7,8)/t3-,4-/m0/s1. The van der Waals surface area contributed by atoms with Gasteiger partial charge in [-0.2, -0.15) is 0 Å². The van der Waals surface area contributed by atoms with Crippen molar-refractivity contribution in [1.29, 1.82) is 0 Å². The van der Waals surface area contributed by atoms with E-state index in [1.807, 2.05) is 0 Å². The van der Waals surface area contributed by atoms with Crippen LogP contribution in [0, 0.1) is 0 Å². The molecule has 1 heterocycles. The third-order valence-electron chi connectivity index (χ3n) is 1.33. The molecule has 0 unspecified atom stereocenters. The summed E-state index contributed by atoms with van der Waals surface area (Å²) < 4.78 is 15.1. The van der Waals surface area contributed by atoms with E-state index in [1.165, 1.54) is 0 Å². The lowest BCUT2D eigenvalue weighted by Gasteiger charge is -2.09. The fourth-order valence-corrected chi connectivity index (χ4v) is 1.62. The van der Waals surface area contributed by atoms with Gasteiger partial charge in [0.05, 0.1) is 12.7 Å². The monoisotopic (exact) mass is 168 g/mol. The molecule has 0 radical (unpaired) electrons. The number of ether oxygens (including phenoxy) is 1. The molecule has 0 spiro atoms. The van der Waals surface area contributed by atoms with Crippen LogP contribution in [0.25, 0.3) is 0 Å². The summed E-state index contributed by atoms with van der Waals surface area (Å²) in [6.07, 6.45) is -0.692. The second kappa shape index (κ2) is 2.60. The summed E-state index contributed by atoms with van der Waals surface area (Å²) in [5.41, 5.74) is 0. The van der Waals surface area contributed by atoms with Gasteiger partial charge in [0.25, 0.3) is 0 Å². The van der Waals surface area contributed by atoms with Crippen molar-refractivity contribution in [2.45, 2.75) is 18.4 Å². The van der Waals surface area contributed by atoms with E-state index in [0.717, 1.165) is 0 Å². The predicted molar refractivity (Wildman–Crippen MR) is 32.4 cm³/mol. The molecule has 0 saturated carbocycles. The Kier molecular flexibility index (Phi) is 2.12. The Morgan fingerprint density at radius 1 is 1.50 bits per heavy atom. The van der Waals surface area contributed by atoms with Crippen LogP contribution < -0.4 is 0 Å². The average Bonchev–Trinajstić information content (AvgIpc) is 2.11. The van der Waals surface area contributed by atoms with Crippen LogP contribution >= 0.6 is 7.60 Å². The molecule has 0 bridgehead atoms. The molecule has 0 amide bonds. The second-order valence-corrected chi connectivity index (χ2v) is 4.02. The maximum Gasteiger partial charge on any atom is 0.354 e. The maximum atomic E-state index is 10.4. The van der Waals surface area contributed by atoms with Crippen molar-refractivity contribution < 1.29 is 24.2 Å². The average molecular weight is 168 g/mol. The molecule has 1 saturated heterocycles. The summed E-state index contributed by atoms with van der Waals surface area (Å²) in [5, 5.41) is 8.79. The van der Waals surface area contributed by atoms with Gasteiger partial charge in [0.1, 0.15) is 0 Å². The predicted octanol–water partition coefficient (Wildman–Crippen LogP) is -0.729. The van der Waals surface area contributed by atoms with Crippen molar-refractivity contribution in [2.75, 3.05) is 6.61 Å². The van der Waals surface area contributed by atoms with E-state index in [4.69, 9.17) is 14.9 Å². The van der Waals surface area contributed by atoms with Gasteiger partial charge >= 0.3 is 7.60 Å². The lowest BCUT2D eigenvalue weighted by Crippen LogP contribution is -2.06. The molecule has 1 aliphatic rings. The number of aliphatic hydroxyl groups excluding tert-OH is 1. The van der Waals surface area contributed by atoms with Gasteiger partial charge in [-0.25, -0.2) is 0 Å². The van der Waals surface area contributed by atoms with Crippen LogP contribution in [0.15, 0.2) is 0 Å². The molecule has 0 aliphatic carbocycles. The largest absolute Gasteiger partial charge is 0.391 e. The van der Waals surface area contributed by atoms with Crippen molar-refractivity contribution in [3.8, 4) is 0 Å². The van der Waals surface area contributed by atoms with Gasteiger partial charge in [-0.15, -0.1) is 0 Å². The molecule has 0 aromatic heterocycles. The van der Waals surface area contributed by atoms with Gasteiger partial charge in [-0.05, 0) is 0 Å². The van der Waals surface area contributed by atoms with Crippen LogP contribution in [0.5, 0.6) is 0 Å². The van der Waals surface area contributed by atoms with E-state index >= 15 is 0 Å². The molecular formula is C4H9O5P. The highest BCUT2D eigenvalue weighted by Crippen LogP contribution is 2.46. The Morgan fingerprint density at radius 3 is 2.30 bits per heavy atom. The van der Waals surface area contributed by atoms with E-state index in [0.29, 0.717) is 0 Å². The third-order valence-corrected chi connectivity index (χ3v) is 2.44. The summed E-state index contributed by atoms with van der Waals surface area (Å²) in [6, 6.07) is 0. The minimum Gasteiger partial charge on any atom is -0.391 e. The molecule has 6 heteroatoms. The topological polar surface area (TPSA) is 87.0 Å². The molecule has 1 aliphatic heterocycles. The van der Waals surface area contributed by atoms with Crippen molar-refractivity contribution in [3.05, 3.63) is 0 Å². The molecule has 2 atom stereocenters. The van der Waals surface area contributed by atoms with Crippen molar-refractivity contribution in [1.82, 2.24) is 0 Å². The van der Waals surface area contributed by atoms with Crippen molar-refractivity contribution in [3.63, 3.8) is 0 Å². The number of rotatable bonds is 1. The van der Waals surface area contributed by atoms with Crippen LogP contribution in [0.4, 0.5) is 0 Å². The first kappa shape index (κ1) is 8.17. The lowest BCUT2D eigenvalue weighted by atomic mass is 10.3. The first-order chi connectivity index (χ1) is 4.50. The fraction of sp³-hybridized carbons (Fsp3) is 1.00. The minimum atomic E-state index is -4.13. The van der Waals surface area contributed by atoms with E-state index in [9.17, 15) is 4.57 Å². The summed E-state index contributed by atoms with van der Waals surface area (Å²) in [5.74, 6) is -1.09. The summed E-state index contributed by atoms with van der Waals surface area (Å²) in [4.78, 5) is 17.0. The summed E-state index contributed by atoms with van der Waals surface area (Å²) in [6.45, 7) is 0.0236. The van der Waals surface area contributed by atoms with Crippen molar-refractivity contribution in [2.24, 2.45) is 0 Å². The van der Waals surface area contributed by atoms with Crippen LogP contribution in [-0.2, 0) is 9.30 Å². The number of aliphatic hydroxyl groups is 1. The number of hydrogen-bond donors (Lipinski definition) is 3. The van der Waals surface area contributed by atoms with E-state index in [1.54, 1.807) is 0 Å². The smallest absolute Gasteiger partial charge is 0.354 e. The first-order valence-electron chi connectivity index (χ1n) is 2.85. The molecule has 3 N–H and O–H groups in total. The van der Waals surface area contributed by atoms with Gasteiger partial charge < -0.3 is 19.6 Å². The van der Waals surface area contributed by atoms with Gasteiger partial charge in [0.15, 0.2) is 5.85 Å². The van der Waals surface area contributed by atoms with E-state index in [-0.39, 0.29) is 13.0 Å². The highest BCUT2D eigenvalue weighted by molar-refractivity contribution is 7.52. The highest BCUT2D eigenvalue weighted by atomic mass is 31.2. The van der Waals surface area contributed by atoms with Crippen LogP contribution in [0.1, 0.15) is 6.42 Å². The quantitative estimate of drug-likeness (QED) is 0.449. The van der Waals surface area contributed by atoms with Crippen LogP contribution in [0.2, 0.25) is 0 Å².